The van der Waals surface area contributed by atoms with Gasteiger partial charge in [0.1, 0.15) is 5.60 Å². The van der Waals surface area contributed by atoms with Gasteiger partial charge >= 0.3 is 16.2 Å². The Kier molecular flexibility index (Phi) is 3.71. The molecular formula is C14H17NO5S. The first-order valence-corrected chi connectivity index (χ1v) is 8.11. The van der Waals surface area contributed by atoms with Crippen LogP contribution in [0, 0.1) is 0 Å². The third-order valence-corrected chi connectivity index (χ3v) is 2.99. The Hall–Kier alpha value is -2.02. The smallest absolute Gasteiger partial charge is 0.419 e. The molecule has 7 heteroatoms. The zero-order valence-corrected chi connectivity index (χ0v) is 13.1. The second kappa shape index (κ2) is 5.07. The second-order valence-corrected chi connectivity index (χ2v) is 7.22. The Balaban J connectivity index is 2.53. The fraction of sp³-hybridized carbons (Fsp3) is 0.357. The van der Waals surface area contributed by atoms with E-state index < -0.39 is 21.8 Å². The lowest BCUT2D eigenvalue weighted by Gasteiger charge is -2.19. The molecule has 0 fully saturated rings. The summed E-state index contributed by atoms with van der Waals surface area (Å²) >= 11 is 0. The molecule has 0 atom stereocenters. The van der Waals surface area contributed by atoms with E-state index in [-0.39, 0.29) is 5.75 Å². The number of hydrogen-bond acceptors (Lipinski definition) is 5. The van der Waals surface area contributed by atoms with E-state index in [1.807, 2.05) is 0 Å². The molecule has 114 valence electrons. The highest BCUT2D eigenvalue weighted by Crippen LogP contribution is 2.29. The minimum absolute atomic E-state index is 0.0963. The van der Waals surface area contributed by atoms with Gasteiger partial charge in [-0.25, -0.2) is 9.36 Å². The summed E-state index contributed by atoms with van der Waals surface area (Å²) in [4.78, 5) is 12.2. The highest BCUT2D eigenvalue weighted by Gasteiger charge is 2.22. The van der Waals surface area contributed by atoms with Gasteiger partial charge in [-0.05, 0) is 32.9 Å². The number of hydrogen-bond donors (Lipinski definition) is 0. The Labute approximate surface area is 123 Å². The summed E-state index contributed by atoms with van der Waals surface area (Å²) in [6, 6.07) is 6.84. The van der Waals surface area contributed by atoms with E-state index in [0.29, 0.717) is 10.9 Å². The number of benzene rings is 1. The monoisotopic (exact) mass is 311 g/mol. The molecule has 2 rings (SSSR count). The summed E-state index contributed by atoms with van der Waals surface area (Å²) in [5.41, 5.74) is -0.134. The van der Waals surface area contributed by atoms with E-state index in [2.05, 4.69) is 0 Å². The number of fused-ring (bicyclic) bond motifs is 1. The average Bonchev–Trinajstić information content (AvgIpc) is 2.64. The molecule has 0 amide bonds. The van der Waals surface area contributed by atoms with Gasteiger partial charge in [0.15, 0.2) is 5.75 Å². The number of rotatable bonds is 2. The van der Waals surface area contributed by atoms with E-state index in [0.717, 1.165) is 6.26 Å². The number of nitrogens with zero attached hydrogens (tertiary/aromatic N) is 1. The Morgan fingerprint density at radius 2 is 1.81 bits per heavy atom. The summed E-state index contributed by atoms with van der Waals surface area (Å²) in [5, 5.41) is 0.522. The third kappa shape index (κ3) is 3.75. The van der Waals surface area contributed by atoms with Crippen LogP contribution in [0.4, 0.5) is 4.79 Å². The zero-order valence-electron chi connectivity index (χ0n) is 12.3. The predicted octanol–water partition coefficient (Wildman–Crippen LogP) is 2.76. The first kappa shape index (κ1) is 15.4. The highest BCUT2D eigenvalue weighted by molar-refractivity contribution is 7.86. The molecular weight excluding hydrogens is 294 g/mol. The molecule has 0 bridgehead atoms. The van der Waals surface area contributed by atoms with Crippen LogP contribution in [0.1, 0.15) is 20.8 Å². The van der Waals surface area contributed by atoms with Gasteiger partial charge in [0.25, 0.3) is 0 Å². The molecule has 0 spiro atoms. The lowest BCUT2D eigenvalue weighted by Crippen LogP contribution is -2.26. The van der Waals surface area contributed by atoms with Crippen LogP contribution in [0.3, 0.4) is 0 Å². The fourth-order valence-corrected chi connectivity index (χ4v) is 2.30. The van der Waals surface area contributed by atoms with E-state index in [1.54, 1.807) is 45.0 Å². The third-order valence-electron chi connectivity index (χ3n) is 2.51. The van der Waals surface area contributed by atoms with Crippen molar-refractivity contribution >= 4 is 27.1 Å². The molecule has 1 aromatic heterocycles. The van der Waals surface area contributed by atoms with Gasteiger partial charge in [-0.1, -0.05) is 12.1 Å². The van der Waals surface area contributed by atoms with E-state index in [9.17, 15) is 13.2 Å². The van der Waals surface area contributed by atoms with Crippen molar-refractivity contribution in [2.45, 2.75) is 26.4 Å². The standard InChI is InChI=1S/C14H17NO5S/c1-14(2,3)19-13(16)15-9-12(20-21(4,17)18)10-7-5-6-8-11(10)15/h5-9H,1-4H3. The van der Waals surface area contributed by atoms with Crippen molar-refractivity contribution < 1.29 is 22.1 Å². The summed E-state index contributed by atoms with van der Waals surface area (Å²) in [7, 11) is -3.68. The molecule has 0 saturated heterocycles. The van der Waals surface area contributed by atoms with Gasteiger partial charge in [-0.3, -0.25) is 0 Å². The van der Waals surface area contributed by atoms with Crippen LogP contribution in [0.2, 0.25) is 0 Å². The van der Waals surface area contributed by atoms with Gasteiger partial charge < -0.3 is 8.92 Å². The topological polar surface area (TPSA) is 74.6 Å². The van der Waals surface area contributed by atoms with Crippen LogP contribution in [0.5, 0.6) is 5.75 Å². The summed E-state index contributed by atoms with van der Waals surface area (Å²) in [5.74, 6) is 0.0963. The summed E-state index contributed by atoms with van der Waals surface area (Å²) in [6.07, 6.45) is 1.67. The van der Waals surface area contributed by atoms with Gasteiger partial charge in [-0.2, -0.15) is 8.42 Å². The maximum absolute atomic E-state index is 12.2. The van der Waals surface area contributed by atoms with Gasteiger partial charge in [0, 0.05) is 5.39 Å². The molecule has 6 nitrogen and oxygen atoms in total. The second-order valence-electron chi connectivity index (χ2n) is 5.65. The van der Waals surface area contributed by atoms with E-state index in [1.165, 1.54) is 10.8 Å². The molecule has 1 heterocycles. The van der Waals surface area contributed by atoms with Crippen LogP contribution < -0.4 is 4.18 Å². The Morgan fingerprint density at radius 1 is 1.19 bits per heavy atom. The first-order chi connectivity index (χ1) is 9.57. The van der Waals surface area contributed by atoms with Gasteiger partial charge in [0.05, 0.1) is 18.0 Å². The van der Waals surface area contributed by atoms with Crippen molar-refractivity contribution in [1.82, 2.24) is 4.57 Å². The molecule has 0 unspecified atom stereocenters. The quantitative estimate of drug-likeness (QED) is 0.797. The van der Waals surface area contributed by atoms with Crippen LogP contribution in [0.25, 0.3) is 10.9 Å². The molecule has 2 aromatic rings. The van der Waals surface area contributed by atoms with Gasteiger partial charge in [0.2, 0.25) is 0 Å². The SMILES string of the molecule is CC(C)(C)OC(=O)n1cc(OS(C)(=O)=O)c2ccccc21. The summed E-state index contributed by atoms with van der Waals surface area (Å²) in [6.45, 7) is 5.26. The maximum atomic E-state index is 12.2. The Bertz CT molecular complexity index is 783. The Morgan fingerprint density at radius 3 is 2.38 bits per heavy atom. The lowest BCUT2D eigenvalue weighted by molar-refractivity contribution is 0.0544. The van der Waals surface area contributed by atoms with Crippen molar-refractivity contribution in [2.24, 2.45) is 0 Å². The van der Waals surface area contributed by atoms with Crippen LogP contribution in [0.15, 0.2) is 30.5 Å². The van der Waals surface area contributed by atoms with Crippen molar-refractivity contribution in [3.63, 3.8) is 0 Å². The number of carbonyl (C=O) groups is 1. The molecule has 0 aliphatic heterocycles. The van der Waals surface area contributed by atoms with Crippen LogP contribution >= 0.6 is 0 Å². The largest absolute Gasteiger partial charge is 0.443 e. The van der Waals surface area contributed by atoms with E-state index in [4.69, 9.17) is 8.92 Å². The molecule has 0 radical (unpaired) electrons. The summed E-state index contributed by atoms with van der Waals surface area (Å²) < 4.78 is 34.1. The minimum Gasteiger partial charge on any atom is -0.443 e. The highest BCUT2D eigenvalue weighted by atomic mass is 32.2. The molecule has 1 aromatic carbocycles. The zero-order chi connectivity index (χ0) is 15.8. The van der Waals surface area contributed by atoms with Crippen molar-refractivity contribution in [1.29, 1.82) is 0 Å². The molecule has 0 aliphatic rings. The average molecular weight is 311 g/mol. The van der Waals surface area contributed by atoms with Crippen LogP contribution in [-0.2, 0) is 14.9 Å². The number of carbonyl (C=O) groups excluding carboxylic acids is 1. The molecule has 21 heavy (non-hydrogen) atoms. The molecule has 0 saturated carbocycles. The predicted molar refractivity (Wildman–Crippen MR) is 79.0 cm³/mol. The minimum atomic E-state index is -3.68. The lowest BCUT2D eigenvalue weighted by atomic mass is 10.2. The first-order valence-electron chi connectivity index (χ1n) is 6.30. The normalized spacial score (nSPS) is 12.4. The van der Waals surface area contributed by atoms with Crippen molar-refractivity contribution in [3.05, 3.63) is 30.5 Å². The number of para-hydroxylation sites is 1. The molecule has 0 aliphatic carbocycles. The van der Waals surface area contributed by atoms with Crippen molar-refractivity contribution in [2.75, 3.05) is 6.26 Å². The number of ether oxygens (including phenoxy) is 1. The van der Waals surface area contributed by atoms with Crippen LogP contribution in [-0.4, -0.2) is 30.9 Å². The van der Waals surface area contributed by atoms with E-state index >= 15 is 0 Å². The van der Waals surface area contributed by atoms with Crippen molar-refractivity contribution in [3.8, 4) is 5.75 Å². The van der Waals surface area contributed by atoms with Gasteiger partial charge in [-0.15, -0.1) is 0 Å². The molecule has 0 N–H and O–H groups in total. The maximum Gasteiger partial charge on any atom is 0.419 e. The number of aromatic nitrogens is 1. The fourth-order valence-electron chi connectivity index (χ4n) is 1.84.